The first-order valence-electron chi connectivity index (χ1n) is 8.40. The number of nitrogens with one attached hydrogen (secondary N) is 1. The average Bonchev–Trinajstić information content (AvgIpc) is 2.79. The van der Waals surface area contributed by atoms with Gasteiger partial charge in [0.15, 0.2) is 0 Å². The minimum atomic E-state index is 0.0872. The SMILES string of the molecule is CC(C)P(Cc1ccc(CP(C(C)C)C(C)C)[nH]1)C(C)C. The lowest BCUT2D eigenvalue weighted by atomic mass is 10.4. The summed E-state index contributed by atoms with van der Waals surface area (Å²) in [5.74, 6) is 0. The molecule has 0 spiro atoms. The van der Waals surface area contributed by atoms with Crippen molar-refractivity contribution in [3.8, 4) is 0 Å². The molecular formula is C18H35NP2. The molecule has 0 radical (unpaired) electrons. The molecule has 122 valence electrons. The molecular weight excluding hydrogens is 292 g/mol. The molecule has 1 nitrogen and oxygen atoms in total. The smallest absolute Gasteiger partial charge is 0.0193 e. The molecule has 0 bridgehead atoms. The summed E-state index contributed by atoms with van der Waals surface area (Å²) in [7, 11) is 0.174. The minimum Gasteiger partial charge on any atom is -0.362 e. The van der Waals surface area contributed by atoms with Crippen molar-refractivity contribution >= 4 is 15.8 Å². The molecule has 0 aliphatic heterocycles. The van der Waals surface area contributed by atoms with E-state index in [1.807, 2.05) is 0 Å². The number of aromatic nitrogens is 1. The third kappa shape index (κ3) is 6.03. The average molecular weight is 327 g/mol. The summed E-state index contributed by atoms with van der Waals surface area (Å²) in [6.45, 7) is 19.1. The second-order valence-corrected chi connectivity index (χ2v) is 14.0. The van der Waals surface area contributed by atoms with Crippen LogP contribution in [0.2, 0.25) is 0 Å². The number of aromatic amines is 1. The van der Waals surface area contributed by atoms with Crippen molar-refractivity contribution in [2.75, 3.05) is 0 Å². The highest BCUT2D eigenvalue weighted by molar-refractivity contribution is 7.58. The van der Waals surface area contributed by atoms with E-state index < -0.39 is 0 Å². The van der Waals surface area contributed by atoms with Gasteiger partial charge >= 0.3 is 0 Å². The molecule has 0 saturated heterocycles. The second kappa shape index (κ2) is 8.69. The van der Waals surface area contributed by atoms with Crippen LogP contribution in [0.4, 0.5) is 0 Å². The van der Waals surface area contributed by atoms with Gasteiger partial charge in [0.05, 0.1) is 0 Å². The molecule has 1 rings (SSSR count). The molecule has 0 aliphatic carbocycles. The zero-order valence-corrected chi connectivity index (χ0v) is 17.1. The fourth-order valence-corrected chi connectivity index (χ4v) is 7.99. The maximum absolute atomic E-state index is 3.73. The van der Waals surface area contributed by atoms with Crippen LogP contribution < -0.4 is 0 Å². The van der Waals surface area contributed by atoms with Gasteiger partial charge in [-0.1, -0.05) is 71.2 Å². The number of hydrogen-bond donors (Lipinski definition) is 1. The molecule has 21 heavy (non-hydrogen) atoms. The molecule has 1 aromatic heterocycles. The summed E-state index contributed by atoms with van der Waals surface area (Å²) in [6, 6.07) is 4.67. The normalized spacial score (nSPS) is 12.9. The van der Waals surface area contributed by atoms with Crippen LogP contribution in [-0.4, -0.2) is 27.6 Å². The Balaban J connectivity index is 2.72. The topological polar surface area (TPSA) is 15.8 Å². The predicted molar refractivity (Wildman–Crippen MR) is 103 cm³/mol. The molecule has 0 aliphatic rings. The number of H-pyrrole nitrogens is 1. The van der Waals surface area contributed by atoms with E-state index in [1.165, 1.54) is 23.7 Å². The molecule has 0 saturated carbocycles. The number of rotatable bonds is 8. The van der Waals surface area contributed by atoms with E-state index in [2.05, 4.69) is 72.5 Å². The van der Waals surface area contributed by atoms with Crippen LogP contribution in [0.15, 0.2) is 12.1 Å². The molecule has 3 heteroatoms. The fourth-order valence-electron chi connectivity index (χ4n) is 2.99. The van der Waals surface area contributed by atoms with Crippen LogP contribution in [-0.2, 0) is 12.3 Å². The van der Waals surface area contributed by atoms with E-state index in [4.69, 9.17) is 0 Å². The van der Waals surface area contributed by atoms with E-state index in [0.717, 1.165) is 22.6 Å². The Morgan fingerprint density at radius 2 is 0.952 bits per heavy atom. The maximum Gasteiger partial charge on any atom is 0.0193 e. The van der Waals surface area contributed by atoms with Crippen LogP contribution in [0.1, 0.15) is 66.8 Å². The summed E-state index contributed by atoms with van der Waals surface area (Å²) in [6.07, 6.45) is 2.51. The van der Waals surface area contributed by atoms with Gasteiger partial charge in [0, 0.05) is 23.7 Å². The van der Waals surface area contributed by atoms with Gasteiger partial charge in [-0.3, -0.25) is 0 Å². The van der Waals surface area contributed by atoms with Crippen LogP contribution in [0, 0.1) is 0 Å². The summed E-state index contributed by atoms with van der Waals surface area (Å²) in [5.41, 5.74) is 6.18. The summed E-state index contributed by atoms with van der Waals surface area (Å²) in [5, 5.41) is 0. The maximum atomic E-state index is 3.73. The highest BCUT2D eigenvalue weighted by Crippen LogP contribution is 2.50. The zero-order valence-electron chi connectivity index (χ0n) is 15.3. The van der Waals surface area contributed by atoms with E-state index >= 15 is 0 Å². The Labute approximate surface area is 135 Å². The first kappa shape index (κ1) is 19.2. The first-order chi connectivity index (χ1) is 9.72. The van der Waals surface area contributed by atoms with Crippen LogP contribution >= 0.6 is 15.8 Å². The van der Waals surface area contributed by atoms with Gasteiger partial charge < -0.3 is 4.98 Å². The largest absolute Gasteiger partial charge is 0.362 e. The predicted octanol–water partition coefficient (Wildman–Crippen LogP) is 6.61. The van der Waals surface area contributed by atoms with Gasteiger partial charge in [-0.25, -0.2) is 0 Å². The molecule has 1 heterocycles. The fraction of sp³-hybridized carbons (Fsp3) is 0.778. The second-order valence-electron chi connectivity index (χ2n) is 7.23. The summed E-state index contributed by atoms with van der Waals surface area (Å²) < 4.78 is 0. The van der Waals surface area contributed by atoms with Gasteiger partial charge in [-0.05, 0) is 34.8 Å². The Morgan fingerprint density at radius 3 is 1.19 bits per heavy atom. The minimum absolute atomic E-state index is 0.0872. The van der Waals surface area contributed by atoms with Crippen molar-refractivity contribution in [2.24, 2.45) is 0 Å². The standard InChI is InChI=1S/C18H35NP2/c1-13(2)20(14(3)4)11-17-9-10-18(19-17)12-21(15(5)6)16(7)8/h9-10,13-16,19H,11-12H2,1-8H3. The lowest BCUT2D eigenvalue weighted by molar-refractivity contribution is 0.978. The van der Waals surface area contributed by atoms with Crippen molar-refractivity contribution in [2.45, 2.75) is 90.3 Å². The highest BCUT2D eigenvalue weighted by atomic mass is 31.1. The Kier molecular flexibility index (Phi) is 7.94. The molecule has 1 aromatic rings. The molecule has 0 aromatic carbocycles. The molecule has 0 amide bonds. The molecule has 0 fully saturated rings. The van der Waals surface area contributed by atoms with Crippen molar-refractivity contribution < 1.29 is 0 Å². The third-order valence-corrected chi connectivity index (χ3v) is 10.9. The van der Waals surface area contributed by atoms with Gasteiger partial charge in [0.2, 0.25) is 0 Å². The molecule has 0 unspecified atom stereocenters. The Bertz CT molecular complexity index is 355. The van der Waals surface area contributed by atoms with E-state index in [-0.39, 0.29) is 15.8 Å². The van der Waals surface area contributed by atoms with Crippen molar-refractivity contribution in [3.05, 3.63) is 23.5 Å². The van der Waals surface area contributed by atoms with Crippen LogP contribution in [0.25, 0.3) is 0 Å². The lowest BCUT2D eigenvalue weighted by Gasteiger charge is -2.26. The molecule has 0 atom stereocenters. The van der Waals surface area contributed by atoms with Gasteiger partial charge in [0.25, 0.3) is 0 Å². The third-order valence-electron chi connectivity index (χ3n) is 4.17. The monoisotopic (exact) mass is 327 g/mol. The number of hydrogen-bond acceptors (Lipinski definition) is 0. The van der Waals surface area contributed by atoms with Crippen LogP contribution in [0.3, 0.4) is 0 Å². The molecule has 1 N–H and O–H groups in total. The van der Waals surface area contributed by atoms with Gasteiger partial charge in [0.1, 0.15) is 0 Å². The van der Waals surface area contributed by atoms with Gasteiger partial charge in [-0.15, -0.1) is 0 Å². The zero-order chi connectivity index (χ0) is 16.2. The Morgan fingerprint density at radius 1 is 0.667 bits per heavy atom. The summed E-state index contributed by atoms with van der Waals surface area (Å²) >= 11 is 0. The van der Waals surface area contributed by atoms with E-state index in [0.29, 0.717) is 0 Å². The Hall–Kier alpha value is 0.140. The first-order valence-corrected chi connectivity index (χ1v) is 11.7. The summed E-state index contributed by atoms with van der Waals surface area (Å²) in [4.78, 5) is 3.73. The van der Waals surface area contributed by atoms with Crippen molar-refractivity contribution in [1.82, 2.24) is 4.98 Å². The van der Waals surface area contributed by atoms with Crippen molar-refractivity contribution in [3.63, 3.8) is 0 Å². The van der Waals surface area contributed by atoms with E-state index in [1.54, 1.807) is 0 Å². The van der Waals surface area contributed by atoms with Crippen LogP contribution in [0.5, 0.6) is 0 Å². The van der Waals surface area contributed by atoms with Gasteiger partial charge in [-0.2, -0.15) is 0 Å². The lowest BCUT2D eigenvalue weighted by Crippen LogP contribution is -2.07. The van der Waals surface area contributed by atoms with E-state index in [9.17, 15) is 0 Å². The van der Waals surface area contributed by atoms with Crippen molar-refractivity contribution in [1.29, 1.82) is 0 Å². The highest BCUT2D eigenvalue weighted by Gasteiger charge is 2.20. The quantitative estimate of drug-likeness (QED) is 0.517.